The first-order valence-electron chi connectivity index (χ1n) is 6.61. The lowest BCUT2D eigenvalue weighted by molar-refractivity contribution is 0.0692. The number of benzene rings is 2. The summed E-state index contributed by atoms with van der Waals surface area (Å²) in [6.45, 7) is 0.922. The van der Waals surface area contributed by atoms with E-state index < -0.39 is 5.97 Å². The van der Waals surface area contributed by atoms with Crippen LogP contribution in [0.3, 0.4) is 0 Å². The number of ether oxygens (including phenoxy) is 1. The van der Waals surface area contributed by atoms with Gasteiger partial charge in [-0.1, -0.05) is 30.3 Å². The van der Waals surface area contributed by atoms with Gasteiger partial charge in [0.1, 0.15) is 17.9 Å². The number of carbonyl (C=O) groups is 1. The number of carboxylic acids is 1. The Morgan fingerprint density at radius 2 is 2.05 bits per heavy atom. The van der Waals surface area contributed by atoms with Gasteiger partial charge in [0.2, 0.25) is 0 Å². The highest BCUT2D eigenvalue weighted by atomic mass is 16.5. The molecule has 0 spiro atoms. The van der Waals surface area contributed by atoms with Crippen LogP contribution in [0.25, 0.3) is 10.8 Å². The minimum absolute atomic E-state index is 0.175. The van der Waals surface area contributed by atoms with Crippen molar-refractivity contribution in [2.24, 2.45) is 0 Å². The summed E-state index contributed by atoms with van der Waals surface area (Å²) in [5.41, 5.74) is 0.175. The number of fused-ring (bicyclic) bond motifs is 1. The first-order valence-corrected chi connectivity index (χ1v) is 6.61. The van der Waals surface area contributed by atoms with E-state index in [1.165, 1.54) is 0 Å². The molecule has 5 heteroatoms. The maximum Gasteiger partial charge on any atom is 0.339 e. The van der Waals surface area contributed by atoms with Crippen molar-refractivity contribution in [2.75, 3.05) is 6.61 Å². The maximum atomic E-state index is 11.4. The first kappa shape index (κ1) is 13.2. The van der Waals surface area contributed by atoms with Gasteiger partial charge in [0, 0.05) is 17.8 Å². The van der Waals surface area contributed by atoms with Gasteiger partial charge in [0.25, 0.3) is 0 Å². The van der Waals surface area contributed by atoms with Gasteiger partial charge in [-0.2, -0.15) is 5.10 Å². The van der Waals surface area contributed by atoms with Crippen molar-refractivity contribution in [2.45, 2.75) is 6.54 Å². The molecule has 0 aliphatic carbocycles. The molecule has 5 nitrogen and oxygen atoms in total. The minimum atomic E-state index is -0.991. The highest BCUT2D eigenvalue weighted by Crippen LogP contribution is 2.30. The molecule has 0 bridgehead atoms. The third kappa shape index (κ3) is 2.72. The van der Waals surface area contributed by atoms with Crippen LogP contribution in [-0.4, -0.2) is 27.5 Å². The van der Waals surface area contributed by atoms with Crippen LogP contribution in [-0.2, 0) is 6.54 Å². The third-order valence-corrected chi connectivity index (χ3v) is 3.24. The van der Waals surface area contributed by atoms with Gasteiger partial charge >= 0.3 is 5.97 Å². The first-order chi connectivity index (χ1) is 10.3. The Hall–Kier alpha value is -2.82. The van der Waals surface area contributed by atoms with Gasteiger partial charge in [-0.3, -0.25) is 4.68 Å². The van der Waals surface area contributed by atoms with E-state index in [0.717, 1.165) is 10.8 Å². The van der Waals surface area contributed by atoms with Crippen LogP contribution in [0.5, 0.6) is 5.75 Å². The maximum absolute atomic E-state index is 11.4. The Bertz CT molecular complexity index is 766. The molecular weight excluding hydrogens is 268 g/mol. The Morgan fingerprint density at radius 1 is 1.19 bits per heavy atom. The summed E-state index contributed by atoms with van der Waals surface area (Å²) in [7, 11) is 0. The zero-order valence-corrected chi connectivity index (χ0v) is 11.3. The zero-order valence-electron chi connectivity index (χ0n) is 11.3. The molecule has 1 heterocycles. The van der Waals surface area contributed by atoms with Gasteiger partial charge in [0.15, 0.2) is 0 Å². The lowest BCUT2D eigenvalue weighted by Gasteiger charge is -2.12. The largest absolute Gasteiger partial charge is 0.490 e. The van der Waals surface area contributed by atoms with E-state index in [4.69, 9.17) is 4.74 Å². The fourth-order valence-corrected chi connectivity index (χ4v) is 2.24. The van der Waals surface area contributed by atoms with Crippen molar-refractivity contribution in [3.05, 3.63) is 60.4 Å². The predicted molar refractivity (Wildman–Crippen MR) is 78.6 cm³/mol. The second-order valence-corrected chi connectivity index (χ2v) is 4.59. The monoisotopic (exact) mass is 282 g/mol. The molecule has 0 aliphatic rings. The molecule has 0 saturated heterocycles. The quantitative estimate of drug-likeness (QED) is 0.781. The highest BCUT2D eigenvalue weighted by Gasteiger charge is 2.14. The lowest BCUT2D eigenvalue weighted by Crippen LogP contribution is -2.11. The van der Waals surface area contributed by atoms with Gasteiger partial charge in [0.05, 0.1) is 6.54 Å². The fraction of sp³-hybridized carbons (Fsp3) is 0.125. The van der Waals surface area contributed by atoms with Gasteiger partial charge in [-0.15, -0.1) is 0 Å². The normalized spacial score (nSPS) is 10.7. The summed E-state index contributed by atoms with van der Waals surface area (Å²) < 4.78 is 7.49. The number of hydrogen-bond donors (Lipinski definition) is 1. The molecule has 0 aliphatic heterocycles. The molecule has 0 saturated carbocycles. The van der Waals surface area contributed by atoms with Crippen LogP contribution < -0.4 is 4.74 Å². The molecule has 0 unspecified atom stereocenters. The predicted octanol–water partition coefficient (Wildman–Crippen LogP) is 2.81. The van der Waals surface area contributed by atoms with Crippen LogP contribution in [0.1, 0.15) is 10.4 Å². The Labute approximate surface area is 121 Å². The van der Waals surface area contributed by atoms with Crippen LogP contribution in [0.15, 0.2) is 54.9 Å². The van der Waals surface area contributed by atoms with Crippen molar-refractivity contribution in [1.29, 1.82) is 0 Å². The van der Waals surface area contributed by atoms with Crippen LogP contribution in [0.2, 0.25) is 0 Å². The van der Waals surface area contributed by atoms with E-state index in [9.17, 15) is 9.90 Å². The molecule has 0 fully saturated rings. The molecule has 1 aromatic heterocycles. The van der Waals surface area contributed by atoms with Crippen LogP contribution in [0, 0.1) is 0 Å². The second kappa shape index (κ2) is 5.66. The van der Waals surface area contributed by atoms with Crippen molar-refractivity contribution in [3.8, 4) is 5.75 Å². The molecule has 3 rings (SSSR count). The van der Waals surface area contributed by atoms with Gasteiger partial charge in [-0.05, 0) is 17.5 Å². The number of carboxylic acid groups (broad SMARTS) is 1. The summed E-state index contributed by atoms with van der Waals surface area (Å²) in [4.78, 5) is 11.4. The van der Waals surface area contributed by atoms with E-state index in [1.54, 1.807) is 23.0 Å². The molecule has 0 radical (unpaired) electrons. The van der Waals surface area contributed by atoms with Gasteiger partial charge in [-0.25, -0.2) is 4.79 Å². The average Bonchev–Trinajstić information content (AvgIpc) is 3.00. The molecule has 21 heavy (non-hydrogen) atoms. The van der Waals surface area contributed by atoms with E-state index >= 15 is 0 Å². The summed E-state index contributed by atoms with van der Waals surface area (Å²) in [5, 5.41) is 15.2. The summed E-state index contributed by atoms with van der Waals surface area (Å²) >= 11 is 0. The molecule has 1 N–H and O–H groups in total. The fourth-order valence-electron chi connectivity index (χ4n) is 2.24. The van der Waals surface area contributed by atoms with E-state index in [0.29, 0.717) is 18.9 Å². The molecule has 106 valence electrons. The SMILES string of the molecule is O=C(O)c1ccc2ccccc2c1OCCn1cccn1. The number of aromatic carboxylic acids is 1. The van der Waals surface area contributed by atoms with Crippen molar-refractivity contribution < 1.29 is 14.6 Å². The third-order valence-electron chi connectivity index (χ3n) is 3.24. The summed E-state index contributed by atoms with van der Waals surface area (Å²) in [6.07, 6.45) is 3.53. The standard InChI is InChI=1S/C16H14N2O3/c19-16(20)14-7-6-12-4-1-2-5-13(12)15(14)21-11-10-18-9-3-8-17-18/h1-9H,10-11H2,(H,19,20). The topological polar surface area (TPSA) is 64.3 Å². The average molecular weight is 282 g/mol. The van der Waals surface area contributed by atoms with Crippen LogP contribution in [0.4, 0.5) is 0 Å². The molecule has 2 aromatic carbocycles. The minimum Gasteiger partial charge on any atom is -0.490 e. The Kier molecular flexibility index (Phi) is 3.55. The lowest BCUT2D eigenvalue weighted by atomic mass is 10.1. The van der Waals surface area contributed by atoms with Crippen molar-refractivity contribution >= 4 is 16.7 Å². The smallest absolute Gasteiger partial charge is 0.339 e. The number of aromatic nitrogens is 2. The van der Waals surface area contributed by atoms with Gasteiger partial charge < -0.3 is 9.84 Å². The second-order valence-electron chi connectivity index (χ2n) is 4.59. The number of rotatable bonds is 5. The highest BCUT2D eigenvalue weighted by molar-refractivity contribution is 6.00. The summed E-state index contributed by atoms with van der Waals surface area (Å²) in [5.74, 6) is -0.581. The van der Waals surface area contributed by atoms with Crippen molar-refractivity contribution in [3.63, 3.8) is 0 Å². The van der Waals surface area contributed by atoms with E-state index in [-0.39, 0.29) is 5.56 Å². The van der Waals surface area contributed by atoms with E-state index in [1.807, 2.05) is 36.5 Å². The van der Waals surface area contributed by atoms with Crippen LogP contribution >= 0.6 is 0 Å². The Balaban J connectivity index is 1.90. The van der Waals surface area contributed by atoms with Crippen molar-refractivity contribution in [1.82, 2.24) is 9.78 Å². The molecule has 0 atom stereocenters. The number of nitrogens with zero attached hydrogens (tertiary/aromatic N) is 2. The molecule has 0 amide bonds. The summed E-state index contributed by atoms with van der Waals surface area (Å²) in [6, 6.07) is 12.8. The molecular formula is C16H14N2O3. The zero-order chi connectivity index (χ0) is 14.7. The molecule has 3 aromatic rings. The van der Waals surface area contributed by atoms with E-state index in [2.05, 4.69) is 5.10 Å². The number of hydrogen-bond acceptors (Lipinski definition) is 3. The Morgan fingerprint density at radius 3 is 2.81 bits per heavy atom.